The number of aromatic hydroxyl groups is 1. The van der Waals surface area contributed by atoms with Gasteiger partial charge in [-0.05, 0) is 87.5 Å². The zero-order valence-corrected chi connectivity index (χ0v) is 13.6. The number of hydrogen-bond donors (Lipinski definition) is 2. The summed E-state index contributed by atoms with van der Waals surface area (Å²) in [4.78, 5) is 12.2. The number of carbonyl (C=O) groups is 1. The fourth-order valence-corrected chi connectivity index (χ4v) is 5.48. The number of benzene rings is 1. The van der Waals surface area contributed by atoms with Crippen molar-refractivity contribution < 1.29 is 9.90 Å². The minimum Gasteiger partial charge on any atom is -0.508 e. The van der Waals surface area contributed by atoms with Crippen molar-refractivity contribution in [3.63, 3.8) is 0 Å². The van der Waals surface area contributed by atoms with Crippen LogP contribution in [0.4, 0.5) is 0 Å². The largest absolute Gasteiger partial charge is 0.508 e. The van der Waals surface area contributed by atoms with Crippen molar-refractivity contribution in [3.05, 3.63) is 29.8 Å². The van der Waals surface area contributed by atoms with E-state index in [1.54, 1.807) is 12.1 Å². The van der Waals surface area contributed by atoms with Crippen LogP contribution in [0.3, 0.4) is 0 Å². The summed E-state index contributed by atoms with van der Waals surface area (Å²) in [7, 11) is 0. The molecular weight excluding hydrogens is 288 g/mol. The van der Waals surface area contributed by atoms with Gasteiger partial charge in [0.05, 0.1) is 0 Å². The average molecular weight is 312 g/mol. The molecule has 0 saturated heterocycles. The van der Waals surface area contributed by atoms with Crippen molar-refractivity contribution in [2.45, 2.75) is 45.4 Å². The first kappa shape index (κ1) is 14.7. The smallest absolute Gasteiger partial charge is 0.271 e. The third kappa shape index (κ3) is 2.64. The van der Waals surface area contributed by atoms with Crippen LogP contribution in [0.2, 0.25) is 0 Å². The molecule has 1 amide bonds. The molecule has 4 bridgehead atoms. The van der Waals surface area contributed by atoms with E-state index in [4.69, 9.17) is 0 Å². The second-order valence-corrected chi connectivity index (χ2v) is 7.88. The Kier molecular flexibility index (Phi) is 3.43. The molecule has 4 aliphatic rings. The fraction of sp³-hybridized carbons (Fsp3) is 0.579. The van der Waals surface area contributed by atoms with E-state index in [2.05, 4.69) is 17.5 Å². The Morgan fingerprint density at radius 3 is 2.13 bits per heavy atom. The molecule has 0 spiro atoms. The Labute approximate surface area is 137 Å². The molecule has 4 saturated carbocycles. The Hall–Kier alpha value is -1.84. The summed E-state index contributed by atoms with van der Waals surface area (Å²) in [5.41, 5.74) is 4.56. The number of hydrogen-bond acceptors (Lipinski definition) is 3. The number of nitrogens with zero attached hydrogens (tertiary/aromatic N) is 1. The highest BCUT2D eigenvalue weighted by molar-refractivity contribution is 5.96. The van der Waals surface area contributed by atoms with Crippen molar-refractivity contribution in [1.82, 2.24) is 5.43 Å². The number of phenolic OH excluding ortho intramolecular Hbond substituents is 1. The number of carbonyl (C=O) groups excluding carboxylic acids is 1. The maximum absolute atomic E-state index is 12.2. The number of amides is 1. The molecule has 4 aliphatic carbocycles. The molecule has 0 unspecified atom stereocenters. The summed E-state index contributed by atoms with van der Waals surface area (Å²) in [5, 5.41) is 13.8. The van der Waals surface area contributed by atoms with E-state index in [-0.39, 0.29) is 17.1 Å². The topological polar surface area (TPSA) is 61.7 Å². The minimum absolute atomic E-state index is 0.162. The SMILES string of the molecule is CC(=NNC(=O)c1ccc(O)cc1)C12CC3CC(CC(C3)C1)C2. The van der Waals surface area contributed by atoms with Crippen molar-refractivity contribution in [1.29, 1.82) is 0 Å². The third-order valence-corrected chi connectivity index (χ3v) is 6.26. The Morgan fingerprint density at radius 1 is 1.09 bits per heavy atom. The Bertz CT molecular complexity index is 613. The maximum Gasteiger partial charge on any atom is 0.271 e. The summed E-state index contributed by atoms with van der Waals surface area (Å²) < 4.78 is 0. The van der Waals surface area contributed by atoms with Crippen molar-refractivity contribution in [2.24, 2.45) is 28.3 Å². The summed E-state index contributed by atoms with van der Waals surface area (Å²) in [6.45, 7) is 2.09. The second kappa shape index (κ2) is 5.36. The van der Waals surface area contributed by atoms with E-state index >= 15 is 0 Å². The van der Waals surface area contributed by atoms with Gasteiger partial charge in [0.2, 0.25) is 0 Å². The van der Waals surface area contributed by atoms with Gasteiger partial charge in [-0.3, -0.25) is 4.79 Å². The lowest BCUT2D eigenvalue weighted by Gasteiger charge is -2.56. The first-order valence-corrected chi connectivity index (χ1v) is 8.68. The predicted molar refractivity (Wildman–Crippen MR) is 89.3 cm³/mol. The molecule has 1 aromatic rings. The van der Waals surface area contributed by atoms with Gasteiger partial charge < -0.3 is 5.11 Å². The molecule has 4 fully saturated rings. The molecule has 4 nitrogen and oxygen atoms in total. The zero-order chi connectivity index (χ0) is 16.0. The third-order valence-electron chi connectivity index (χ3n) is 6.26. The summed E-state index contributed by atoms with van der Waals surface area (Å²) in [5.74, 6) is 2.57. The first-order valence-electron chi connectivity index (χ1n) is 8.68. The van der Waals surface area contributed by atoms with Gasteiger partial charge in [-0.1, -0.05) is 0 Å². The summed E-state index contributed by atoms with van der Waals surface area (Å²) >= 11 is 0. The van der Waals surface area contributed by atoms with Crippen LogP contribution in [-0.4, -0.2) is 16.7 Å². The van der Waals surface area contributed by atoms with E-state index in [9.17, 15) is 9.90 Å². The quantitative estimate of drug-likeness (QED) is 0.660. The fourth-order valence-electron chi connectivity index (χ4n) is 5.48. The highest BCUT2D eigenvalue weighted by atomic mass is 16.3. The number of rotatable bonds is 3. The van der Waals surface area contributed by atoms with Crippen LogP contribution in [0.25, 0.3) is 0 Å². The van der Waals surface area contributed by atoms with Gasteiger partial charge in [0.15, 0.2) is 0 Å². The Balaban J connectivity index is 1.48. The van der Waals surface area contributed by atoms with Crippen LogP contribution in [-0.2, 0) is 0 Å². The van der Waals surface area contributed by atoms with E-state index in [0.29, 0.717) is 5.56 Å². The van der Waals surface area contributed by atoms with Crippen molar-refractivity contribution in [3.8, 4) is 5.75 Å². The van der Waals surface area contributed by atoms with Crippen LogP contribution in [0.15, 0.2) is 29.4 Å². The molecular formula is C19H24N2O2. The molecule has 5 rings (SSSR count). The number of nitrogens with one attached hydrogen (secondary N) is 1. The lowest BCUT2D eigenvalue weighted by atomic mass is 9.48. The van der Waals surface area contributed by atoms with Gasteiger partial charge in [-0.15, -0.1) is 0 Å². The van der Waals surface area contributed by atoms with Gasteiger partial charge in [0.1, 0.15) is 5.75 Å². The lowest BCUT2D eigenvalue weighted by molar-refractivity contribution is -0.0128. The highest BCUT2D eigenvalue weighted by Crippen LogP contribution is 2.60. The van der Waals surface area contributed by atoms with Gasteiger partial charge >= 0.3 is 0 Å². The summed E-state index contributed by atoms with van der Waals surface area (Å²) in [6, 6.07) is 6.26. The Morgan fingerprint density at radius 2 is 1.61 bits per heavy atom. The second-order valence-electron chi connectivity index (χ2n) is 7.88. The molecule has 23 heavy (non-hydrogen) atoms. The molecule has 0 radical (unpaired) electrons. The summed E-state index contributed by atoms with van der Waals surface area (Å²) in [6.07, 6.45) is 7.99. The predicted octanol–water partition coefficient (Wildman–Crippen LogP) is 3.71. The van der Waals surface area contributed by atoms with Crippen molar-refractivity contribution >= 4 is 11.6 Å². The van der Waals surface area contributed by atoms with Crippen LogP contribution in [0.1, 0.15) is 55.8 Å². The van der Waals surface area contributed by atoms with Crippen molar-refractivity contribution in [2.75, 3.05) is 0 Å². The van der Waals surface area contributed by atoms with E-state index in [1.165, 1.54) is 50.7 Å². The van der Waals surface area contributed by atoms with E-state index < -0.39 is 0 Å². The molecule has 4 heteroatoms. The molecule has 0 atom stereocenters. The zero-order valence-electron chi connectivity index (χ0n) is 13.6. The maximum atomic E-state index is 12.2. The lowest BCUT2D eigenvalue weighted by Crippen LogP contribution is -2.49. The number of hydrazone groups is 1. The van der Waals surface area contributed by atoms with Crippen LogP contribution in [0, 0.1) is 23.2 Å². The van der Waals surface area contributed by atoms with Gasteiger partial charge in [-0.2, -0.15) is 5.10 Å². The molecule has 0 aromatic heterocycles. The van der Waals surface area contributed by atoms with E-state index in [0.717, 1.165) is 23.5 Å². The highest BCUT2D eigenvalue weighted by Gasteiger charge is 2.52. The van der Waals surface area contributed by atoms with Gasteiger partial charge in [0.25, 0.3) is 5.91 Å². The van der Waals surface area contributed by atoms with Crippen LogP contribution in [0.5, 0.6) is 5.75 Å². The van der Waals surface area contributed by atoms with Crippen LogP contribution < -0.4 is 5.43 Å². The monoisotopic (exact) mass is 312 g/mol. The van der Waals surface area contributed by atoms with Gasteiger partial charge in [0, 0.05) is 16.7 Å². The standard InChI is InChI=1S/C19H24N2O2/c1-12(20-21-18(23)16-2-4-17(22)5-3-16)19-9-13-6-14(10-19)8-15(7-13)11-19/h2-5,13-15,22H,6-11H2,1H3,(H,21,23). The molecule has 2 N–H and O–H groups in total. The molecule has 122 valence electrons. The van der Waals surface area contributed by atoms with Gasteiger partial charge in [-0.25, -0.2) is 5.43 Å². The first-order chi connectivity index (χ1) is 11.0. The molecule has 0 aliphatic heterocycles. The number of phenols is 1. The molecule has 0 heterocycles. The van der Waals surface area contributed by atoms with Crippen LogP contribution >= 0.6 is 0 Å². The minimum atomic E-state index is -0.214. The average Bonchev–Trinajstić information content (AvgIpc) is 2.51. The normalized spacial score (nSPS) is 35.3. The molecule has 1 aromatic carbocycles. The van der Waals surface area contributed by atoms with E-state index in [1.807, 2.05) is 0 Å².